The van der Waals surface area contributed by atoms with Crippen LogP contribution in [0.1, 0.15) is 15.9 Å². The van der Waals surface area contributed by atoms with E-state index in [-0.39, 0.29) is 10.9 Å². The zero-order valence-corrected chi connectivity index (χ0v) is 11.9. The number of aromatic nitrogens is 3. The minimum Gasteiger partial charge on any atom is -0.329 e. The van der Waals surface area contributed by atoms with Crippen molar-refractivity contribution in [3.63, 3.8) is 0 Å². The molecule has 1 aromatic carbocycles. The molecule has 3 aromatic rings. The molecule has 0 aliphatic rings. The summed E-state index contributed by atoms with van der Waals surface area (Å²) in [7, 11) is 0. The zero-order valence-electron chi connectivity index (χ0n) is 10.3. The first-order valence-corrected chi connectivity index (χ1v) is 7.21. The normalized spacial score (nSPS) is 12.2. The molecule has 100 valence electrons. The maximum Gasteiger partial charge on any atom is 0.248 e. The van der Waals surface area contributed by atoms with Crippen LogP contribution in [-0.4, -0.2) is 15.2 Å². The second-order valence-electron chi connectivity index (χ2n) is 4.16. The molecule has 2 heterocycles. The smallest absolute Gasteiger partial charge is 0.248 e. The van der Waals surface area contributed by atoms with Gasteiger partial charge in [0.25, 0.3) is 0 Å². The van der Waals surface area contributed by atoms with Gasteiger partial charge in [-0.2, -0.15) is 0 Å². The summed E-state index contributed by atoms with van der Waals surface area (Å²) in [6.45, 7) is 0. The van der Waals surface area contributed by atoms with E-state index in [0.717, 1.165) is 11.1 Å². The third-order valence-corrected chi connectivity index (χ3v) is 4.40. The molecule has 1 unspecified atom stereocenters. The van der Waals surface area contributed by atoms with Crippen LogP contribution in [0.25, 0.3) is 10.6 Å². The Morgan fingerprint density at radius 1 is 1.15 bits per heavy atom. The molecule has 0 radical (unpaired) electrons. The van der Waals surface area contributed by atoms with Crippen molar-refractivity contribution in [2.24, 2.45) is 0 Å². The summed E-state index contributed by atoms with van der Waals surface area (Å²) in [6.07, 6.45) is 1.59. The van der Waals surface area contributed by atoms with Crippen LogP contribution in [0.5, 0.6) is 0 Å². The van der Waals surface area contributed by atoms with Crippen LogP contribution in [-0.2, 0) is 0 Å². The number of alkyl halides is 1. The van der Waals surface area contributed by atoms with Crippen LogP contribution >= 0.6 is 22.9 Å². The average Bonchev–Trinajstić information content (AvgIpc) is 2.97. The Hall–Kier alpha value is -1.98. The lowest BCUT2D eigenvalue weighted by Gasteiger charge is -2.04. The monoisotopic (exact) mass is 303 g/mol. The van der Waals surface area contributed by atoms with Crippen molar-refractivity contribution in [3.8, 4) is 10.6 Å². The number of halogens is 1. The fourth-order valence-electron chi connectivity index (χ4n) is 1.80. The third-order valence-electron chi connectivity index (χ3n) is 2.77. The standard InChI is InChI=1S/C14H10ClN3OS/c15-12(9-4-2-1-3-5-9)14-18-17-13(20-14)10-6-7-16-11(19)8-10/h1-8,12H,(H,16,19). The predicted octanol–water partition coefficient (Wildman–Crippen LogP) is 3.22. The van der Waals surface area contributed by atoms with Crippen molar-refractivity contribution in [1.82, 2.24) is 15.2 Å². The number of pyridine rings is 1. The molecular weight excluding hydrogens is 294 g/mol. The molecule has 0 amide bonds. The number of hydrogen-bond acceptors (Lipinski definition) is 4. The Balaban J connectivity index is 1.93. The number of aromatic amines is 1. The number of H-pyrrole nitrogens is 1. The van der Waals surface area contributed by atoms with Gasteiger partial charge in [0.15, 0.2) is 0 Å². The van der Waals surface area contributed by atoms with Gasteiger partial charge >= 0.3 is 0 Å². The van der Waals surface area contributed by atoms with Gasteiger partial charge in [0.2, 0.25) is 5.56 Å². The topological polar surface area (TPSA) is 58.6 Å². The fourth-order valence-corrected chi connectivity index (χ4v) is 2.96. The van der Waals surface area contributed by atoms with E-state index in [0.29, 0.717) is 10.0 Å². The highest BCUT2D eigenvalue weighted by Gasteiger charge is 2.16. The summed E-state index contributed by atoms with van der Waals surface area (Å²) >= 11 is 7.79. The number of benzene rings is 1. The van der Waals surface area contributed by atoms with E-state index in [1.165, 1.54) is 17.4 Å². The van der Waals surface area contributed by atoms with E-state index in [2.05, 4.69) is 15.2 Å². The van der Waals surface area contributed by atoms with Crippen molar-refractivity contribution >= 4 is 22.9 Å². The molecule has 0 bridgehead atoms. The first-order chi connectivity index (χ1) is 9.74. The van der Waals surface area contributed by atoms with E-state index < -0.39 is 0 Å². The fraction of sp³-hybridized carbons (Fsp3) is 0.0714. The molecule has 3 rings (SSSR count). The Labute approximate surface area is 124 Å². The largest absolute Gasteiger partial charge is 0.329 e. The maximum atomic E-state index is 11.3. The molecule has 0 aliphatic carbocycles. The van der Waals surface area contributed by atoms with Crippen LogP contribution < -0.4 is 5.56 Å². The molecule has 0 saturated heterocycles. The van der Waals surface area contributed by atoms with E-state index in [4.69, 9.17) is 11.6 Å². The molecule has 1 atom stereocenters. The van der Waals surface area contributed by atoms with Crippen molar-refractivity contribution in [2.75, 3.05) is 0 Å². The summed E-state index contributed by atoms with van der Waals surface area (Å²) in [5.41, 5.74) is 1.56. The van der Waals surface area contributed by atoms with Gasteiger partial charge in [-0.15, -0.1) is 21.8 Å². The molecule has 2 aromatic heterocycles. The predicted molar refractivity (Wildman–Crippen MR) is 80.1 cm³/mol. The lowest BCUT2D eigenvalue weighted by molar-refractivity contribution is 0.987. The van der Waals surface area contributed by atoms with Gasteiger partial charge in [0.05, 0.1) is 0 Å². The minimum atomic E-state index is -0.329. The van der Waals surface area contributed by atoms with Gasteiger partial charge < -0.3 is 4.98 Å². The van der Waals surface area contributed by atoms with Crippen LogP contribution in [0, 0.1) is 0 Å². The number of hydrogen-bond donors (Lipinski definition) is 1. The van der Waals surface area contributed by atoms with Crippen molar-refractivity contribution < 1.29 is 0 Å². The van der Waals surface area contributed by atoms with Gasteiger partial charge in [-0.1, -0.05) is 41.7 Å². The first kappa shape index (κ1) is 13.0. The van der Waals surface area contributed by atoms with Crippen molar-refractivity contribution in [3.05, 3.63) is 69.6 Å². The molecule has 1 N–H and O–H groups in total. The highest BCUT2D eigenvalue weighted by molar-refractivity contribution is 7.15. The summed E-state index contributed by atoms with van der Waals surface area (Å²) < 4.78 is 0. The van der Waals surface area contributed by atoms with Crippen molar-refractivity contribution in [1.29, 1.82) is 0 Å². The van der Waals surface area contributed by atoms with E-state index in [1.807, 2.05) is 30.3 Å². The van der Waals surface area contributed by atoms with Crippen LogP contribution in [0.2, 0.25) is 0 Å². The Morgan fingerprint density at radius 3 is 2.70 bits per heavy atom. The third kappa shape index (κ3) is 2.64. The van der Waals surface area contributed by atoms with Crippen LogP contribution in [0.15, 0.2) is 53.5 Å². The first-order valence-electron chi connectivity index (χ1n) is 5.95. The summed E-state index contributed by atoms with van der Waals surface area (Å²) in [4.78, 5) is 13.9. The Morgan fingerprint density at radius 2 is 1.95 bits per heavy atom. The van der Waals surface area contributed by atoms with Gasteiger partial charge in [0, 0.05) is 17.8 Å². The lowest BCUT2D eigenvalue weighted by Crippen LogP contribution is -2.01. The Kier molecular flexibility index (Phi) is 3.62. The summed E-state index contributed by atoms with van der Waals surface area (Å²) in [5, 5.41) is 9.30. The van der Waals surface area contributed by atoms with E-state index >= 15 is 0 Å². The quantitative estimate of drug-likeness (QED) is 0.756. The number of rotatable bonds is 3. The second-order valence-corrected chi connectivity index (χ2v) is 5.61. The summed E-state index contributed by atoms with van der Waals surface area (Å²) in [5.74, 6) is 0. The minimum absolute atomic E-state index is 0.162. The van der Waals surface area contributed by atoms with Crippen LogP contribution in [0.4, 0.5) is 0 Å². The van der Waals surface area contributed by atoms with Gasteiger partial charge in [-0.25, -0.2) is 0 Å². The molecule has 0 fully saturated rings. The number of nitrogens with one attached hydrogen (secondary N) is 1. The Bertz CT molecular complexity index is 769. The van der Waals surface area contributed by atoms with E-state index in [1.54, 1.807) is 12.3 Å². The van der Waals surface area contributed by atoms with Crippen LogP contribution in [0.3, 0.4) is 0 Å². The molecule has 6 heteroatoms. The second kappa shape index (κ2) is 5.56. The lowest BCUT2D eigenvalue weighted by atomic mass is 10.1. The molecule has 4 nitrogen and oxygen atoms in total. The average molecular weight is 304 g/mol. The highest BCUT2D eigenvalue weighted by Crippen LogP contribution is 2.33. The van der Waals surface area contributed by atoms with Gasteiger partial charge in [-0.3, -0.25) is 4.79 Å². The zero-order chi connectivity index (χ0) is 13.9. The highest BCUT2D eigenvalue weighted by atomic mass is 35.5. The van der Waals surface area contributed by atoms with Gasteiger partial charge in [0.1, 0.15) is 15.4 Å². The van der Waals surface area contributed by atoms with Crippen molar-refractivity contribution in [2.45, 2.75) is 5.38 Å². The maximum absolute atomic E-state index is 11.3. The molecular formula is C14H10ClN3OS. The van der Waals surface area contributed by atoms with E-state index in [9.17, 15) is 4.79 Å². The summed E-state index contributed by atoms with van der Waals surface area (Å²) in [6, 6.07) is 13.0. The van der Waals surface area contributed by atoms with Gasteiger partial charge in [-0.05, 0) is 11.6 Å². The number of nitrogens with zero attached hydrogens (tertiary/aromatic N) is 2. The molecule has 0 spiro atoms. The molecule has 0 aliphatic heterocycles. The molecule has 0 saturated carbocycles. The molecule has 20 heavy (non-hydrogen) atoms. The SMILES string of the molecule is O=c1cc(-c2nnc(C(Cl)c3ccccc3)s2)cc[nH]1.